The molecule has 1 aromatic heterocycles. The van der Waals surface area contributed by atoms with E-state index < -0.39 is 0 Å². The van der Waals surface area contributed by atoms with Crippen LogP contribution in [0.4, 0.5) is 0 Å². The van der Waals surface area contributed by atoms with Crippen LogP contribution in [0.1, 0.15) is 37.8 Å². The monoisotopic (exact) mass is 274 g/mol. The van der Waals surface area contributed by atoms with Gasteiger partial charge in [0.1, 0.15) is 0 Å². The Hall–Kier alpha value is -0.900. The van der Waals surface area contributed by atoms with E-state index >= 15 is 0 Å². The summed E-state index contributed by atoms with van der Waals surface area (Å²) in [5.41, 5.74) is 7.89. The first kappa shape index (κ1) is 13.1. The average molecular weight is 274 g/mol. The van der Waals surface area contributed by atoms with Gasteiger partial charge in [-0.15, -0.1) is 11.3 Å². The molecule has 1 aromatic carbocycles. The summed E-state index contributed by atoms with van der Waals surface area (Å²) in [5.74, 6) is 0. The maximum Gasteiger partial charge on any atom is 0.0513 e. The minimum absolute atomic E-state index is 0.276. The summed E-state index contributed by atoms with van der Waals surface area (Å²) in [6.07, 6.45) is 3.58. The number of rotatable bonds is 3. The molecule has 0 aliphatic carbocycles. The second-order valence-corrected chi connectivity index (χ2v) is 6.39. The van der Waals surface area contributed by atoms with Crippen molar-refractivity contribution in [1.29, 1.82) is 0 Å². The molecule has 102 valence electrons. The quantitative estimate of drug-likeness (QED) is 0.923. The van der Waals surface area contributed by atoms with Crippen LogP contribution in [-0.2, 0) is 0 Å². The minimum Gasteiger partial charge on any atom is -0.326 e. The van der Waals surface area contributed by atoms with Crippen LogP contribution in [0.15, 0.2) is 29.6 Å². The van der Waals surface area contributed by atoms with Crippen molar-refractivity contribution in [2.75, 3.05) is 13.1 Å². The predicted octanol–water partition coefficient (Wildman–Crippen LogP) is 3.78. The van der Waals surface area contributed by atoms with E-state index in [2.05, 4.69) is 41.5 Å². The zero-order valence-corrected chi connectivity index (χ0v) is 12.3. The number of hydrogen-bond acceptors (Lipinski definition) is 3. The summed E-state index contributed by atoms with van der Waals surface area (Å²) in [5, 5.41) is 3.72. The van der Waals surface area contributed by atoms with Gasteiger partial charge in [-0.25, -0.2) is 0 Å². The lowest BCUT2D eigenvalue weighted by Gasteiger charge is -2.39. The number of likely N-dealkylation sites (tertiary alicyclic amines) is 1. The first-order chi connectivity index (χ1) is 9.31. The van der Waals surface area contributed by atoms with E-state index in [9.17, 15) is 0 Å². The average Bonchev–Trinajstić information content (AvgIpc) is 2.83. The first-order valence-electron chi connectivity index (χ1n) is 7.27. The molecule has 1 fully saturated rings. The lowest BCUT2D eigenvalue weighted by molar-refractivity contribution is 0.130. The first-order valence-corrected chi connectivity index (χ1v) is 8.15. The van der Waals surface area contributed by atoms with Crippen LogP contribution in [0.3, 0.4) is 0 Å². The molecule has 1 aliphatic heterocycles. The Morgan fingerprint density at radius 3 is 3.05 bits per heavy atom. The molecule has 1 aliphatic rings. The Morgan fingerprint density at radius 1 is 1.37 bits per heavy atom. The van der Waals surface area contributed by atoms with Gasteiger partial charge in [-0.2, -0.15) is 0 Å². The van der Waals surface area contributed by atoms with Gasteiger partial charge in [0.05, 0.1) is 6.04 Å². The molecule has 2 heterocycles. The second kappa shape index (κ2) is 5.61. The summed E-state index contributed by atoms with van der Waals surface area (Å²) in [6, 6.07) is 9.39. The minimum atomic E-state index is 0.276. The number of fused-ring (bicyclic) bond motifs is 1. The zero-order chi connectivity index (χ0) is 13.2. The normalized spacial score (nSPS) is 24.9. The lowest BCUT2D eigenvalue weighted by Crippen LogP contribution is -2.46. The van der Waals surface area contributed by atoms with E-state index in [1.165, 1.54) is 35.0 Å². The van der Waals surface area contributed by atoms with Crippen LogP contribution in [0, 0.1) is 0 Å². The second-order valence-electron chi connectivity index (χ2n) is 5.47. The molecule has 2 atom stereocenters. The Balaban J connectivity index is 2.01. The predicted molar refractivity (Wildman–Crippen MR) is 83.6 cm³/mol. The Morgan fingerprint density at radius 2 is 2.21 bits per heavy atom. The van der Waals surface area contributed by atoms with Crippen LogP contribution < -0.4 is 5.73 Å². The maximum absolute atomic E-state index is 6.44. The van der Waals surface area contributed by atoms with Crippen molar-refractivity contribution in [3.05, 3.63) is 35.2 Å². The molecule has 2 N–H and O–H groups in total. The number of benzene rings is 1. The van der Waals surface area contributed by atoms with Crippen LogP contribution in [0.5, 0.6) is 0 Å². The van der Waals surface area contributed by atoms with Gasteiger partial charge >= 0.3 is 0 Å². The Bertz CT molecular complexity index is 546. The molecule has 0 bridgehead atoms. The number of piperidine rings is 1. The van der Waals surface area contributed by atoms with Crippen LogP contribution in [-0.4, -0.2) is 24.0 Å². The molecule has 2 unspecified atom stereocenters. The molecule has 0 radical (unpaired) electrons. The summed E-state index contributed by atoms with van der Waals surface area (Å²) in [4.78, 5) is 2.59. The van der Waals surface area contributed by atoms with Gasteiger partial charge in [0.25, 0.3) is 0 Å². The fourth-order valence-electron chi connectivity index (χ4n) is 3.29. The molecule has 19 heavy (non-hydrogen) atoms. The highest BCUT2D eigenvalue weighted by Gasteiger charge is 2.31. The summed E-state index contributed by atoms with van der Waals surface area (Å²) >= 11 is 1.85. The topological polar surface area (TPSA) is 29.3 Å². The fraction of sp³-hybridized carbons (Fsp3) is 0.500. The van der Waals surface area contributed by atoms with E-state index in [1.807, 2.05) is 11.3 Å². The van der Waals surface area contributed by atoms with E-state index in [1.54, 1.807) is 0 Å². The van der Waals surface area contributed by atoms with Crippen LogP contribution in [0.2, 0.25) is 0 Å². The van der Waals surface area contributed by atoms with Crippen molar-refractivity contribution < 1.29 is 0 Å². The van der Waals surface area contributed by atoms with Crippen molar-refractivity contribution in [1.82, 2.24) is 4.90 Å². The summed E-state index contributed by atoms with van der Waals surface area (Å²) in [7, 11) is 0. The SMILES string of the molecule is CCCN1CCCC(N)C1c1csc2ccccc12. The van der Waals surface area contributed by atoms with Crippen molar-refractivity contribution in [2.24, 2.45) is 5.73 Å². The van der Waals surface area contributed by atoms with Crippen molar-refractivity contribution in [3.8, 4) is 0 Å². The molecule has 0 spiro atoms. The van der Waals surface area contributed by atoms with E-state index in [0.29, 0.717) is 6.04 Å². The molecular weight excluding hydrogens is 252 g/mol. The molecule has 3 heteroatoms. The third kappa shape index (κ3) is 2.42. The van der Waals surface area contributed by atoms with Gasteiger partial charge in [-0.3, -0.25) is 4.90 Å². The van der Waals surface area contributed by atoms with Crippen LogP contribution >= 0.6 is 11.3 Å². The molecule has 1 saturated heterocycles. The van der Waals surface area contributed by atoms with Crippen LogP contribution in [0.25, 0.3) is 10.1 Å². The highest BCUT2D eigenvalue weighted by Crippen LogP contribution is 2.37. The molecule has 0 saturated carbocycles. The van der Waals surface area contributed by atoms with Gasteiger partial charge in [-0.1, -0.05) is 25.1 Å². The van der Waals surface area contributed by atoms with E-state index in [4.69, 9.17) is 5.73 Å². The summed E-state index contributed by atoms with van der Waals surface area (Å²) < 4.78 is 1.38. The zero-order valence-electron chi connectivity index (χ0n) is 11.5. The molecule has 2 nitrogen and oxygen atoms in total. The van der Waals surface area contributed by atoms with E-state index in [0.717, 1.165) is 13.0 Å². The lowest BCUT2D eigenvalue weighted by atomic mass is 9.90. The maximum atomic E-state index is 6.44. The number of nitrogens with zero attached hydrogens (tertiary/aromatic N) is 1. The summed E-state index contributed by atoms with van der Waals surface area (Å²) in [6.45, 7) is 4.60. The third-order valence-corrected chi connectivity index (χ3v) is 5.10. The molecule has 3 rings (SSSR count). The van der Waals surface area contributed by atoms with Gasteiger partial charge in [0, 0.05) is 10.7 Å². The number of nitrogens with two attached hydrogens (primary N) is 1. The fourth-order valence-corrected chi connectivity index (χ4v) is 4.28. The van der Waals surface area contributed by atoms with Crippen molar-refractivity contribution in [3.63, 3.8) is 0 Å². The van der Waals surface area contributed by atoms with Crippen molar-refractivity contribution in [2.45, 2.75) is 38.3 Å². The molecular formula is C16H22N2S. The largest absolute Gasteiger partial charge is 0.326 e. The van der Waals surface area contributed by atoms with Gasteiger partial charge in [-0.05, 0) is 54.7 Å². The van der Waals surface area contributed by atoms with Gasteiger partial charge in [0.2, 0.25) is 0 Å². The van der Waals surface area contributed by atoms with Gasteiger partial charge < -0.3 is 5.73 Å². The standard InChI is InChI=1S/C16H22N2S/c1-2-9-18-10-5-7-14(17)16(18)13-11-19-15-8-4-3-6-12(13)15/h3-4,6,8,11,14,16H,2,5,7,9-10,17H2,1H3. The smallest absolute Gasteiger partial charge is 0.0513 e. The molecule has 0 amide bonds. The van der Waals surface area contributed by atoms with Gasteiger partial charge in [0.15, 0.2) is 0 Å². The number of hydrogen-bond donors (Lipinski definition) is 1. The number of thiophene rings is 1. The third-order valence-electron chi connectivity index (χ3n) is 4.12. The Kier molecular flexibility index (Phi) is 3.87. The highest BCUT2D eigenvalue weighted by molar-refractivity contribution is 7.17. The van der Waals surface area contributed by atoms with E-state index in [-0.39, 0.29) is 6.04 Å². The van der Waals surface area contributed by atoms with Crippen molar-refractivity contribution >= 4 is 21.4 Å². The highest BCUT2D eigenvalue weighted by atomic mass is 32.1. The molecule has 2 aromatic rings. The Labute approximate surface area is 119 Å².